The second-order valence-corrected chi connectivity index (χ2v) is 13.8. The molecular formula is C24H25F4N3O5S3. The number of sulfonamides is 2. The highest BCUT2D eigenvalue weighted by Gasteiger charge is 2.41. The minimum atomic E-state index is -4.08. The Bertz CT molecular complexity index is 1470. The molecule has 8 nitrogen and oxygen atoms in total. The number of nitrogens with one attached hydrogen (secondary N) is 1. The molecule has 0 spiro atoms. The van der Waals surface area contributed by atoms with Crippen molar-refractivity contribution < 1.29 is 39.5 Å². The smallest absolute Gasteiger partial charge is 0.273 e. The van der Waals surface area contributed by atoms with Gasteiger partial charge in [-0.3, -0.25) is 4.72 Å². The predicted molar refractivity (Wildman–Crippen MR) is 140 cm³/mol. The van der Waals surface area contributed by atoms with Crippen molar-refractivity contribution in [1.82, 2.24) is 4.31 Å². The number of rotatable bonds is 10. The van der Waals surface area contributed by atoms with E-state index in [0.717, 1.165) is 35.6 Å². The lowest BCUT2D eigenvalue weighted by atomic mass is 9.95. The third-order valence-corrected chi connectivity index (χ3v) is 10.9. The van der Waals surface area contributed by atoms with Gasteiger partial charge in [-0.25, -0.2) is 34.4 Å². The molecule has 0 saturated carbocycles. The number of nitrogens with zero attached hydrogens (tertiary/aromatic N) is 2. The van der Waals surface area contributed by atoms with Gasteiger partial charge in [0.05, 0.1) is 11.8 Å². The van der Waals surface area contributed by atoms with E-state index in [2.05, 4.69) is 4.72 Å². The van der Waals surface area contributed by atoms with Gasteiger partial charge < -0.3 is 10.0 Å². The van der Waals surface area contributed by atoms with Crippen molar-refractivity contribution in [2.24, 2.45) is 0 Å². The van der Waals surface area contributed by atoms with Gasteiger partial charge in [0.1, 0.15) is 16.7 Å². The van der Waals surface area contributed by atoms with E-state index < -0.39 is 56.4 Å². The van der Waals surface area contributed by atoms with E-state index in [1.807, 2.05) is 0 Å². The summed E-state index contributed by atoms with van der Waals surface area (Å²) in [6, 6.07) is 11.7. The molecule has 1 aliphatic heterocycles. The molecule has 2 N–H and O–H groups in total. The molecule has 3 aromatic rings. The van der Waals surface area contributed by atoms with E-state index in [1.165, 1.54) is 34.6 Å². The van der Waals surface area contributed by atoms with Gasteiger partial charge in [0.15, 0.2) is 5.60 Å². The number of alkyl halides is 3. The van der Waals surface area contributed by atoms with Crippen LogP contribution in [0.5, 0.6) is 0 Å². The van der Waals surface area contributed by atoms with Gasteiger partial charge in [0.25, 0.3) is 16.4 Å². The molecule has 15 heteroatoms. The molecule has 1 aromatic heterocycles. The monoisotopic (exact) mass is 607 g/mol. The molecule has 0 aliphatic carbocycles. The van der Waals surface area contributed by atoms with Crippen LogP contribution in [0.3, 0.4) is 0 Å². The highest BCUT2D eigenvalue weighted by Crippen LogP contribution is 2.32. The third-order valence-electron chi connectivity index (χ3n) is 6.33. The normalized spacial score (nSPS) is 18.7. The van der Waals surface area contributed by atoms with Crippen molar-refractivity contribution in [3.63, 3.8) is 0 Å². The fraction of sp³-hybridized carbons (Fsp3) is 0.333. The Morgan fingerprint density at radius 1 is 1.03 bits per heavy atom. The number of benzene rings is 2. The van der Waals surface area contributed by atoms with Gasteiger partial charge in [-0.05, 0) is 53.4 Å². The van der Waals surface area contributed by atoms with Crippen molar-refractivity contribution in [2.45, 2.75) is 22.3 Å². The molecule has 2 heterocycles. The summed E-state index contributed by atoms with van der Waals surface area (Å²) in [6.07, 6.45) is -3.38. The lowest BCUT2D eigenvalue weighted by molar-refractivity contribution is -0.114. The van der Waals surface area contributed by atoms with Crippen LogP contribution in [0.25, 0.3) is 0 Å². The van der Waals surface area contributed by atoms with Crippen LogP contribution in [0.1, 0.15) is 5.56 Å². The van der Waals surface area contributed by atoms with Crippen LogP contribution >= 0.6 is 11.3 Å². The largest absolute Gasteiger partial charge is 0.377 e. The van der Waals surface area contributed by atoms with Gasteiger partial charge >= 0.3 is 0 Å². The highest BCUT2D eigenvalue weighted by atomic mass is 32.2. The Kier molecular flexibility index (Phi) is 8.56. The standard InChI is InChI=1S/C24H25F4N3O5S3/c25-16-24(32,23(27)28)17-3-9-20(10-4-17)31-12-11-30(39(35,36)22-2-1-13-37-22)14-21(31)15-38(33,34)29-19-7-5-18(26)6-8-19/h1-10,13,21,23,29,32H,11-12,14-16H2/t21-,24?/m1/s1. The third kappa shape index (κ3) is 6.38. The number of aliphatic hydroxyl groups is 1. The number of halogens is 4. The zero-order valence-electron chi connectivity index (χ0n) is 20.3. The highest BCUT2D eigenvalue weighted by molar-refractivity contribution is 7.92. The van der Waals surface area contributed by atoms with Crippen molar-refractivity contribution in [2.75, 3.05) is 41.7 Å². The first-order valence-electron chi connectivity index (χ1n) is 11.6. The minimum absolute atomic E-state index is 0.00930. The molecule has 1 saturated heterocycles. The number of thiophene rings is 1. The van der Waals surface area contributed by atoms with Crippen LogP contribution in [0.4, 0.5) is 28.9 Å². The van der Waals surface area contributed by atoms with Gasteiger partial charge in [-0.1, -0.05) is 18.2 Å². The average molecular weight is 608 g/mol. The molecule has 2 aromatic carbocycles. The van der Waals surface area contributed by atoms with Gasteiger partial charge in [-0.15, -0.1) is 11.3 Å². The molecular weight excluding hydrogens is 582 g/mol. The second kappa shape index (κ2) is 11.4. The number of hydrogen-bond acceptors (Lipinski definition) is 7. The molecule has 212 valence electrons. The molecule has 0 bridgehead atoms. The summed E-state index contributed by atoms with van der Waals surface area (Å²) >= 11 is 1.03. The predicted octanol–water partition coefficient (Wildman–Crippen LogP) is 3.63. The van der Waals surface area contributed by atoms with Crippen LogP contribution in [0.2, 0.25) is 0 Å². The van der Waals surface area contributed by atoms with Gasteiger partial charge in [-0.2, -0.15) is 4.31 Å². The summed E-state index contributed by atoms with van der Waals surface area (Å²) in [7, 11) is -7.98. The summed E-state index contributed by atoms with van der Waals surface area (Å²) in [4.78, 5) is 1.62. The van der Waals surface area contributed by atoms with E-state index in [0.29, 0.717) is 5.69 Å². The Morgan fingerprint density at radius 3 is 2.26 bits per heavy atom. The van der Waals surface area contributed by atoms with E-state index >= 15 is 0 Å². The molecule has 4 rings (SSSR count). The van der Waals surface area contributed by atoms with Crippen molar-refractivity contribution >= 4 is 42.8 Å². The fourth-order valence-electron chi connectivity index (χ4n) is 4.26. The molecule has 1 aliphatic rings. The maximum atomic E-state index is 13.3. The van der Waals surface area contributed by atoms with Crippen molar-refractivity contribution in [3.8, 4) is 0 Å². The molecule has 1 fully saturated rings. The summed E-state index contributed by atoms with van der Waals surface area (Å²) in [6.45, 7) is -1.85. The summed E-state index contributed by atoms with van der Waals surface area (Å²) in [5.74, 6) is -1.12. The van der Waals surface area contributed by atoms with E-state index in [9.17, 15) is 39.5 Å². The lowest BCUT2D eigenvalue weighted by Crippen LogP contribution is -2.57. The van der Waals surface area contributed by atoms with E-state index in [1.54, 1.807) is 16.3 Å². The zero-order chi connectivity index (χ0) is 28.4. The average Bonchev–Trinajstić information content (AvgIpc) is 3.45. The maximum absolute atomic E-state index is 13.3. The molecule has 39 heavy (non-hydrogen) atoms. The van der Waals surface area contributed by atoms with Crippen LogP contribution in [0.15, 0.2) is 70.3 Å². The van der Waals surface area contributed by atoms with Crippen LogP contribution in [-0.4, -0.2) is 70.8 Å². The molecule has 0 radical (unpaired) electrons. The van der Waals surface area contributed by atoms with E-state index in [4.69, 9.17) is 0 Å². The fourth-order valence-corrected chi connectivity index (χ4v) is 8.24. The summed E-state index contributed by atoms with van der Waals surface area (Å²) in [5, 5.41) is 11.6. The van der Waals surface area contributed by atoms with Crippen molar-refractivity contribution in [1.29, 1.82) is 0 Å². The Hall–Kier alpha value is -2.72. The van der Waals surface area contributed by atoms with E-state index in [-0.39, 0.29) is 35.1 Å². The quantitative estimate of drug-likeness (QED) is 0.341. The molecule has 2 atom stereocenters. The van der Waals surface area contributed by atoms with Crippen molar-refractivity contribution in [3.05, 3.63) is 77.4 Å². The van der Waals surface area contributed by atoms with Gasteiger partial charge in [0, 0.05) is 31.0 Å². The summed E-state index contributed by atoms with van der Waals surface area (Å²) in [5.41, 5.74) is -2.87. The summed E-state index contributed by atoms with van der Waals surface area (Å²) < 4.78 is 109. The second-order valence-electron chi connectivity index (χ2n) is 8.94. The molecule has 0 amide bonds. The number of piperazine rings is 1. The van der Waals surface area contributed by atoms with Crippen LogP contribution < -0.4 is 9.62 Å². The van der Waals surface area contributed by atoms with Crippen LogP contribution in [0, 0.1) is 5.82 Å². The lowest BCUT2D eigenvalue weighted by Gasteiger charge is -2.42. The Labute approximate surface area is 227 Å². The Morgan fingerprint density at radius 2 is 1.69 bits per heavy atom. The minimum Gasteiger partial charge on any atom is -0.377 e. The topological polar surface area (TPSA) is 107 Å². The number of anilines is 2. The SMILES string of the molecule is O=S(=O)(C[C@H]1CN(S(=O)(=O)c2cccs2)CCN1c1ccc(C(O)(CF)C(F)F)cc1)Nc1ccc(F)cc1. The first kappa shape index (κ1) is 29.3. The maximum Gasteiger partial charge on any atom is 0.273 e. The van der Waals surface area contributed by atoms with Gasteiger partial charge in [0.2, 0.25) is 10.0 Å². The first-order valence-corrected chi connectivity index (χ1v) is 15.6. The first-order chi connectivity index (χ1) is 18.4. The molecule has 1 unspecified atom stereocenters. The zero-order valence-corrected chi connectivity index (χ0v) is 22.7. The Balaban J connectivity index is 1.63. The van der Waals surface area contributed by atoms with Crippen LogP contribution in [-0.2, 0) is 25.6 Å². The number of hydrogen-bond donors (Lipinski definition) is 2.